The first-order chi connectivity index (χ1) is 6.43. The number of carboxylic acid groups (broad SMARTS) is 1. The molecular formula is C7H3BrClNO4. The molecule has 1 rings (SSSR count). The standard InChI is InChI=1S/C7H3BrClNO4/c8-6-4(9)1-3(7(11)12)2-5(6)10(13)14/h1-2H,(H,11,12). The molecule has 0 fully saturated rings. The summed E-state index contributed by atoms with van der Waals surface area (Å²) in [6.45, 7) is 0. The van der Waals surface area contributed by atoms with E-state index in [0.29, 0.717) is 0 Å². The van der Waals surface area contributed by atoms with E-state index in [-0.39, 0.29) is 20.7 Å². The Balaban J connectivity index is 3.43. The molecule has 7 heteroatoms. The average molecular weight is 280 g/mol. The summed E-state index contributed by atoms with van der Waals surface area (Å²) in [5, 5.41) is 19.1. The third kappa shape index (κ3) is 2.02. The Bertz CT molecular complexity index is 420. The number of benzene rings is 1. The van der Waals surface area contributed by atoms with Gasteiger partial charge in [0.1, 0.15) is 4.47 Å². The second-order valence-corrected chi connectivity index (χ2v) is 3.55. The van der Waals surface area contributed by atoms with Gasteiger partial charge >= 0.3 is 5.97 Å². The molecule has 14 heavy (non-hydrogen) atoms. The number of halogens is 2. The summed E-state index contributed by atoms with van der Waals surface area (Å²) in [5.74, 6) is -1.26. The van der Waals surface area contributed by atoms with Gasteiger partial charge in [-0.2, -0.15) is 0 Å². The summed E-state index contributed by atoms with van der Waals surface area (Å²) in [4.78, 5) is 20.3. The van der Waals surface area contributed by atoms with Gasteiger partial charge in [-0.15, -0.1) is 0 Å². The fourth-order valence-corrected chi connectivity index (χ4v) is 1.42. The lowest BCUT2D eigenvalue weighted by atomic mass is 10.2. The van der Waals surface area contributed by atoms with Gasteiger partial charge in [0.15, 0.2) is 0 Å². The minimum atomic E-state index is -1.26. The molecule has 0 heterocycles. The Morgan fingerprint density at radius 3 is 2.57 bits per heavy atom. The Hall–Kier alpha value is -1.14. The number of hydrogen-bond acceptors (Lipinski definition) is 3. The van der Waals surface area contributed by atoms with Crippen LogP contribution in [0.15, 0.2) is 16.6 Å². The van der Waals surface area contributed by atoms with Gasteiger partial charge in [0, 0.05) is 6.07 Å². The normalized spacial score (nSPS) is 9.86. The predicted octanol–water partition coefficient (Wildman–Crippen LogP) is 2.71. The molecule has 0 aliphatic rings. The Morgan fingerprint density at radius 1 is 1.57 bits per heavy atom. The minimum Gasteiger partial charge on any atom is -0.478 e. The summed E-state index contributed by atoms with van der Waals surface area (Å²) in [6.07, 6.45) is 0. The van der Waals surface area contributed by atoms with Crippen LogP contribution >= 0.6 is 27.5 Å². The van der Waals surface area contributed by atoms with Gasteiger partial charge in [0.25, 0.3) is 5.69 Å². The zero-order valence-corrected chi connectivity index (χ0v) is 8.87. The topological polar surface area (TPSA) is 80.4 Å². The van der Waals surface area contributed by atoms with Crippen LogP contribution in [0.3, 0.4) is 0 Å². The molecule has 0 atom stereocenters. The molecule has 5 nitrogen and oxygen atoms in total. The number of rotatable bonds is 2. The molecule has 1 aromatic rings. The molecule has 0 bridgehead atoms. The third-order valence-corrected chi connectivity index (χ3v) is 2.81. The number of aromatic carboxylic acids is 1. The van der Waals surface area contributed by atoms with E-state index < -0.39 is 10.9 Å². The SMILES string of the molecule is O=C(O)c1cc(Cl)c(Br)c([N+](=O)[O-])c1. The van der Waals surface area contributed by atoms with Crippen molar-refractivity contribution in [2.75, 3.05) is 0 Å². The van der Waals surface area contributed by atoms with Crippen LogP contribution in [0.25, 0.3) is 0 Å². The van der Waals surface area contributed by atoms with Crippen LogP contribution in [0.2, 0.25) is 5.02 Å². The zero-order chi connectivity index (χ0) is 10.9. The Kier molecular flexibility index (Phi) is 3.07. The fraction of sp³-hybridized carbons (Fsp3) is 0. The van der Waals surface area contributed by atoms with Crippen molar-refractivity contribution in [1.29, 1.82) is 0 Å². The number of nitrogens with zero attached hydrogens (tertiary/aromatic N) is 1. The van der Waals surface area contributed by atoms with Gasteiger partial charge in [-0.3, -0.25) is 10.1 Å². The first-order valence-corrected chi connectivity index (χ1v) is 4.47. The molecule has 0 aromatic heterocycles. The van der Waals surface area contributed by atoms with Crippen molar-refractivity contribution in [2.24, 2.45) is 0 Å². The van der Waals surface area contributed by atoms with E-state index in [4.69, 9.17) is 16.7 Å². The molecule has 0 unspecified atom stereocenters. The van der Waals surface area contributed by atoms with Gasteiger partial charge in [-0.1, -0.05) is 11.6 Å². The van der Waals surface area contributed by atoms with Crippen molar-refractivity contribution in [3.63, 3.8) is 0 Å². The minimum absolute atomic E-state index is 0.00315. The van der Waals surface area contributed by atoms with Crippen LogP contribution in [-0.2, 0) is 0 Å². The third-order valence-electron chi connectivity index (χ3n) is 1.45. The number of hydrogen-bond donors (Lipinski definition) is 1. The molecule has 0 radical (unpaired) electrons. The largest absolute Gasteiger partial charge is 0.478 e. The Morgan fingerprint density at radius 2 is 2.14 bits per heavy atom. The zero-order valence-electron chi connectivity index (χ0n) is 6.53. The lowest BCUT2D eigenvalue weighted by molar-refractivity contribution is -0.385. The molecule has 74 valence electrons. The van der Waals surface area contributed by atoms with Crippen molar-refractivity contribution in [3.05, 3.63) is 37.3 Å². The highest BCUT2D eigenvalue weighted by Gasteiger charge is 2.19. The number of carbonyl (C=O) groups is 1. The maximum atomic E-state index is 10.5. The first-order valence-electron chi connectivity index (χ1n) is 3.30. The van der Waals surface area contributed by atoms with E-state index in [1.807, 2.05) is 0 Å². The summed E-state index contributed by atoms with van der Waals surface area (Å²) < 4.78 is 0.0779. The van der Waals surface area contributed by atoms with E-state index >= 15 is 0 Å². The van der Waals surface area contributed by atoms with Crippen LogP contribution in [0.4, 0.5) is 5.69 Å². The maximum absolute atomic E-state index is 10.5. The van der Waals surface area contributed by atoms with E-state index in [9.17, 15) is 14.9 Å². The molecule has 1 N–H and O–H groups in total. The second kappa shape index (κ2) is 3.93. The van der Waals surface area contributed by atoms with Gasteiger partial charge < -0.3 is 5.11 Å². The van der Waals surface area contributed by atoms with Gasteiger partial charge in [-0.25, -0.2) is 4.79 Å². The smallest absolute Gasteiger partial charge is 0.335 e. The van der Waals surface area contributed by atoms with Crippen LogP contribution < -0.4 is 0 Å². The molecule has 0 aliphatic carbocycles. The van der Waals surface area contributed by atoms with Gasteiger partial charge in [0.05, 0.1) is 15.5 Å². The number of nitro groups is 1. The van der Waals surface area contributed by atoms with E-state index in [1.54, 1.807) is 0 Å². The molecule has 0 spiro atoms. The van der Waals surface area contributed by atoms with Gasteiger partial charge in [0.2, 0.25) is 0 Å². The molecule has 0 aliphatic heterocycles. The number of nitro benzene ring substituents is 1. The fourth-order valence-electron chi connectivity index (χ4n) is 0.831. The summed E-state index contributed by atoms with van der Waals surface area (Å²) in [7, 11) is 0. The van der Waals surface area contributed by atoms with Crippen LogP contribution in [-0.4, -0.2) is 16.0 Å². The average Bonchev–Trinajstić information content (AvgIpc) is 2.08. The molecule has 0 saturated heterocycles. The van der Waals surface area contributed by atoms with Crippen molar-refractivity contribution in [1.82, 2.24) is 0 Å². The quantitative estimate of drug-likeness (QED) is 0.667. The molecule has 0 saturated carbocycles. The monoisotopic (exact) mass is 279 g/mol. The van der Waals surface area contributed by atoms with Crippen LogP contribution in [0.5, 0.6) is 0 Å². The van der Waals surface area contributed by atoms with Crippen molar-refractivity contribution >= 4 is 39.2 Å². The number of carboxylic acids is 1. The molecule has 1 aromatic carbocycles. The Labute approximate surface area is 91.6 Å². The van der Waals surface area contributed by atoms with E-state index in [2.05, 4.69) is 15.9 Å². The van der Waals surface area contributed by atoms with E-state index in [1.165, 1.54) is 0 Å². The summed E-state index contributed by atoms with van der Waals surface area (Å²) >= 11 is 8.49. The van der Waals surface area contributed by atoms with Crippen molar-refractivity contribution in [2.45, 2.75) is 0 Å². The first kappa shape index (κ1) is 10.9. The summed E-state index contributed by atoms with van der Waals surface area (Å²) in [5.41, 5.74) is -0.584. The second-order valence-electron chi connectivity index (χ2n) is 2.35. The molecular weight excluding hydrogens is 277 g/mol. The summed E-state index contributed by atoms with van der Waals surface area (Å²) in [6, 6.07) is 2.08. The van der Waals surface area contributed by atoms with Gasteiger partial charge in [-0.05, 0) is 22.0 Å². The lowest BCUT2D eigenvalue weighted by Gasteiger charge is -2.00. The maximum Gasteiger partial charge on any atom is 0.335 e. The van der Waals surface area contributed by atoms with Crippen LogP contribution in [0, 0.1) is 10.1 Å². The van der Waals surface area contributed by atoms with Crippen LogP contribution in [0.1, 0.15) is 10.4 Å². The molecule has 0 amide bonds. The highest BCUT2D eigenvalue weighted by Crippen LogP contribution is 2.33. The van der Waals surface area contributed by atoms with E-state index in [0.717, 1.165) is 12.1 Å². The highest BCUT2D eigenvalue weighted by atomic mass is 79.9. The lowest BCUT2D eigenvalue weighted by Crippen LogP contribution is -1.99. The van der Waals surface area contributed by atoms with Crippen molar-refractivity contribution in [3.8, 4) is 0 Å². The predicted molar refractivity (Wildman–Crippen MR) is 52.8 cm³/mol. The van der Waals surface area contributed by atoms with Crippen molar-refractivity contribution < 1.29 is 14.8 Å². The highest BCUT2D eigenvalue weighted by molar-refractivity contribution is 9.10.